The van der Waals surface area contributed by atoms with E-state index in [1.807, 2.05) is 13.8 Å². The van der Waals surface area contributed by atoms with Gasteiger partial charge in [0.25, 0.3) is 0 Å². The van der Waals surface area contributed by atoms with E-state index in [0.717, 1.165) is 12.8 Å². The van der Waals surface area contributed by atoms with Crippen molar-refractivity contribution < 1.29 is 14.4 Å². The van der Waals surface area contributed by atoms with E-state index in [4.69, 9.17) is 9.26 Å². The summed E-state index contributed by atoms with van der Waals surface area (Å²) in [4.78, 5) is 4.42. The Morgan fingerprint density at radius 1 is 1.33 bits per heavy atom. The number of aliphatic hydroxyl groups is 1. The molecule has 1 aromatic rings. The number of nitrogens with zero attached hydrogens (tertiary/aromatic N) is 2. The van der Waals surface area contributed by atoms with Crippen LogP contribution in [0.3, 0.4) is 0 Å². The van der Waals surface area contributed by atoms with Crippen LogP contribution in [0.15, 0.2) is 4.52 Å². The Morgan fingerprint density at radius 2 is 2.00 bits per heavy atom. The van der Waals surface area contributed by atoms with Crippen LogP contribution in [-0.4, -0.2) is 28.5 Å². The maximum absolute atomic E-state index is 9.80. The molecule has 0 bridgehead atoms. The minimum absolute atomic E-state index is 0.0655. The number of methoxy groups -OCH3 is 1. The van der Waals surface area contributed by atoms with Crippen molar-refractivity contribution in [3.63, 3.8) is 0 Å². The zero-order valence-electron chi connectivity index (χ0n) is 11.5. The van der Waals surface area contributed by atoms with Gasteiger partial charge in [-0.3, -0.25) is 0 Å². The highest BCUT2D eigenvalue weighted by Crippen LogP contribution is 2.42. The minimum atomic E-state index is -0.500. The van der Waals surface area contributed by atoms with Crippen LogP contribution >= 0.6 is 0 Å². The molecule has 1 fully saturated rings. The van der Waals surface area contributed by atoms with Crippen LogP contribution in [0.25, 0.3) is 0 Å². The highest BCUT2D eigenvalue weighted by molar-refractivity contribution is 5.03. The van der Waals surface area contributed by atoms with Gasteiger partial charge in [-0.05, 0) is 31.6 Å². The van der Waals surface area contributed by atoms with Gasteiger partial charge in [0, 0.05) is 7.11 Å². The highest BCUT2D eigenvalue weighted by atomic mass is 16.5. The summed E-state index contributed by atoms with van der Waals surface area (Å²) < 4.78 is 10.7. The lowest BCUT2D eigenvalue weighted by Crippen LogP contribution is -2.20. The van der Waals surface area contributed by atoms with Crippen LogP contribution in [-0.2, 0) is 4.74 Å². The molecule has 0 aromatic carbocycles. The molecular formula is C13H22N2O3. The Morgan fingerprint density at radius 3 is 2.44 bits per heavy atom. The van der Waals surface area contributed by atoms with Crippen molar-refractivity contribution in [2.75, 3.05) is 7.11 Å². The second-order valence-corrected chi connectivity index (χ2v) is 5.49. The highest BCUT2D eigenvalue weighted by Gasteiger charge is 2.37. The summed E-state index contributed by atoms with van der Waals surface area (Å²) in [7, 11) is 1.67. The van der Waals surface area contributed by atoms with Gasteiger partial charge >= 0.3 is 0 Å². The van der Waals surface area contributed by atoms with E-state index in [9.17, 15) is 5.11 Å². The lowest BCUT2D eigenvalue weighted by atomic mass is 9.91. The molecule has 1 aromatic heterocycles. The Kier molecular flexibility index (Phi) is 4.02. The molecule has 102 valence electrons. The van der Waals surface area contributed by atoms with Gasteiger partial charge in [0.2, 0.25) is 11.7 Å². The molecule has 1 aliphatic carbocycles. The van der Waals surface area contributed by atoms with Crippen LogP contribution < -0.4 is 0 Å². The Bertz CT molecular complexity index is 377. The molecule has 1 heterocycles. The molecule has 5 heteroatoms. The van der Waals surface area contributed by atoms with Gasteiger partial charge in [-0.15, -0.1) is 0 Å². The smallest absolute Gasteiger partial charge is 0.232 e. The molecule has 1 N–H and O–H groups in total. The second-order valence-electron chi connectivity index (χ2n) is 5.49. The quantitative estimate of drug-likeness (QED) is 0.843. The summed E-state index contributed by atoms with van der Waals surface area (Å²) in [5, 5.41) is 13.8. The predicted molar refractivity (Wildman–Crippen MR) is 66.0 cm³/mol. The first kappa shape index (κ1) is 13.5. The van der Waals surface area contributed by atoms with Crippen LogP contribution in [0.1, 0.15) is 57.3 Å². The molecule has 18 heavy (non-hydrogen) atoms. The van der Waals surface area contributed by atoms with Crippen molar-refractivity contribution in [1.29, 1.82) is 0 Å². The number of hydrogen-bond donors (Lipinski definition) is 1. The normalized spacial score (nSPS) is 21.0. The largest absolute Gasteiger partial charge is 0.393 e. The third-order valence-electron chi connectivity index (χ3n) is 3.54. The summed E-state index contributed by atoms with van der Waals surface area (Å²) in [6.07, 6.45) is 1.75. The van der Waals surface area contributed by atoms with Gasteiger partial charge in [-0.2, -0.15) is 4.98 Å². The van der Waals surface area contributed by atoms with Gasteiger partial charge in [0.15, 0.2) is 0 Å². The molecule has 3 unspecified atom stereocenters. The molecule has 0 spiro atoms. The van der Waals surface area contributed by atoms with Crippen LogP contribution in [0.2, 0.25) is 0 Å². The van der Waals surface area contributed by atoms with Crippen LogP contribution in [0.4, 0.5) is 0 Å². The van der Waals surface area contributed by atoms with E-state index in [0.29, 0.717) is 17.6 Å². The molecular weight excluding hydrogens is 232 g/mol. The van der Waals surface area contributed by atoms with E-state index >= 15 is 0 Å². The third-order valence-corrected chi connectivity index (χ3v) is 3.54. The number of ether oxygens (including phenoxy) is 1. The fraction of sp³-hybridized carbons (Fsp3) is 0.846. The Balaban J connectivity index is 2.17. The predicted octanol–water partition coefficient (Wildman–Crippen LogP) is 2.29. The van der Waals surface area contributed by atoms with Gasteiger partial charge < -0.3 is 14.4 Å². The standard InChI is InChI=1S/C13H22N2O3/c1-7(2)10(8(3)16)13-14-12(15-18-13)11(17-4)9-5-6-9/h7-11,16H,5-6H2,1-4H3. The summed E-state index contributed by atoms with van der Waals surface area (Å²) in [5.74, 6) is 1.77. The number of rotatable bonds is 6. The Labute approximate surface area is 108 Å². The van der Waals surface area contributed by atoms with E-state index in [1.165, 1.54) is 0 Å². The first-order valence-electron chi connectivity index (χ1n) is 6.59. The molecule has 0 amide bonds. The maximum atomic E-state index is 9.80. The first-order valence-corrected chi connectivity index (χ1v) is 6.59. The summed E-state index contributed by atoms with van der Waals surface area (Å²) in [5.41, 5.74) is 0. The maximum Gasteiger partial charge on any atom is 0.232 e. The third kappa shape index (κ3) is 2.72. The Hall–Kier alpha value is -0.940. The number of aromatic nitrogens is 2. The van der Waals surface area contributed by atoms with Gasteiger partial charge in [0.1, 0.15) is 6.10 Å². The van der Waals surface area contributed by atoms with Crippen molar-refractivity contribution in [2.24, 2.45) is 11.8 Å². The molecule has 0 saturated heterocycles. The van der Waals surface area contributed by atoms with Gasteiger partial charge in [-0.1, -0.05) is 19.0 Å². The average molecular weight is 254 g/mol. The average Bonchev–Trinajstić information content (AvgIpc) is 3.00. The first-order chi connectivity index (χ1) is 8.54. The lowest BCUT2D eigenvalue weighted by Gasteiger charge is -2.19. The van der Waals surface area contributed by atoms with Crippen molar-refractivity contribution in [2.45, 2.75) is 51.7 Å². The van der Waals surface area contributed by atoms with Crippen LogP contribution in [0.5, 0.6) is 0 Å². The SMILES string of the molecule is COC(c1noc(C(C(C)C)C(C)O)n1)C1CC1. The fourth-order valence-electron chi connectivity index (χ4n) is 2.45. The number of hydrogen-bond acceptors (Lipinski definition) is 5. The number of aliphatic hydroxyl groups excluding tert-OH is 1. The van der Waals surface area contributed by atoms with Crippen molar-refractivity contribution in [3.05, 3.63) is 11.7 Å². The van der Waals surface area contributed by atoms with E-state index in [1.54, 1.807) is 14.0 Å². The fourth-order valence-corrected chi connectivity index (χ4v) is 2.45. The molecule has 1 saturated carbocycles. The van der Waals surface area contributed by atoms with E-state index in [2.05, 4.69) is 10.1 Å². The van der Waals surface area contributed by atoms with Crippen molar-refractivity contribution in [1.82, 2.24) is 10.1 Å². The molecule has 0 radical (unpaired) electrons. The zero-order valence-corrected chi connectivity index (χ0v) is 11.5. The minimum Gasteiger partial charge on any atom is -0.393 e. The summed E-state index contributed by atoms with van der Waals surface area (Å²) in [6.45, 7) is 5.83. The van der Waals surface area contributed by atoms with Gasteiger partial charge in [0.05, 0.1) is 12.0 Å². The monoisotopic (exact) mass is 254 g/mol. The zero-order chi connectivity index (χ0) is 13.3. The molecule has 1 aliphatic rings. The van der Waals surface area contributed by atoms with Crippen LogP contribution in [0, 0.1) is 11.8 Å². The topological polar surface area (TPSA) is 68.4 Å². The van der Waals surface area contributed by atoms with Gasteiger partial charge in [-0.25, -0.2) is 0 Å². The van der Waals surface area contributed by atoms with Crippen molar-refractivity contribution in [3.8, 4) is 0 Å². The molecule has 2 rings (SSSR count). The molecule has 0 aliphatic heterocycles. The lowest BCUT2D eigenvalue weighted by molar-refractivity contribution is 0.0750. The molecule has 5 nitrogen and oxygen atoms in total. The summed E-state index contributed by atoms with van der Waals surface area (Å²) in [6, 6.07) is 0. The second kappa shape index (κ2) is 5.36. The van der Waals surface area contributed by atoms with Crippen molar-refractivity contribution >= 4 is 0 Å². The molecule has 3 atom stereocenters. The van der Waals surface area contributed by atoms with E-state index in [-0.39, 0.29) is 17.9 Å². The van der Waals surface area contributed by atoms with E-state index < -0.39 is 6.10 Å². The summed E-state index contributed by atoms with van der Waals surface area (Å²) >= 11 is 0.